The van der Waals surface area contributed by atoms with Crippen LogP contribution < -0.4 is 0 Å². The van der Waals surface area contributed by atoms with Gasteiger partial charge in [0.05, 0.1) is 6.42 Å². The molecule has 0 aromatic carbocycles. The maximum atomic E-state index is 10.3. The molecular formula is C20H32O2. The number of allylic oxidation sites excluding steroid dienone is 7. The molecule has 0 spiro atoms. The minimum atomic E-state index is -0.796. The lowest BCUT2D eigenvalue weighted by Crippen LogP contribution is -1.89. The number of hydrogen-bond acceptors (Lipinski definition) is 1. The van der Waals surface area contributed by atoms with E-state index in [0.29, 0.717) is 0 Å². The normalized spacial score (nSPS) is 12.4. The fourth-order valence-corrected chi connectivity index (χ4v) is 2.03. The predicted octanol–water partition coefficient (Wildman–Crippen LogP) is 6.22. The molecule has 124 valence electrons. The van der Waals surface area contributed by atoms with Gasteiger partial charge in [0.2, 0.25) is 0 Å². The van der Waals surface area contributed by atoms with Gasteiger partial charge in [-0.25, -0.2) is 0 Å². The average Bonchev–Trinajstić information content (AvgIpc) is 2.50. The van der Waals surface area contributed by atoms with Gasteiger partial charge in [-0.1, -0.05) is 94.1 Å². The summed E-state index contributed by atoms with van der Waals surface area (Å²) in [5, 5.41) is 8.44. The molecule has 0 atom stereocenters. The zero-order valence-corrected chi connectivity index (χ0v) is 14.0. The molecule has 0 aromatic heterocycles. The lowest BCUT2D eigenvalue weighted by molar-refractivity contribution is -0.136. The van der Waals surface area contributed by atoms with Gasteiger partial charge in [-0.2, -0.15) is 0 Å². The summed E-state index contributed by atoms with van der Waals surface area (Å²) in [6, 6.07) is 0. The summed E-state index contributed by atoms with van der Waals surface area (Å²) in [7, 11) is 0. The van der Waals surface area contributed by atoms with E-state index < -0.39 is 5.97 Å². The van der Waals surface area contributed by atoms with Crippen molar-refractivity contribution in [3.63, 3.8) is 0 Å². The highest BCUT2D eigenvalue weighted by atomic mass is 16.4. The second kappa shape index (κ2) is 17.5. The highest BCUT2D eigenvalue weighted by molar-refractivity contribution is 5.68. The van der Waals surface area contributed by atoms with E-state index in [4.69, 9.17) is 5.11 Å². The molecule has 0 aliphatic carbocycles. The van der Waals surface area contributed by atoms with Gasteiger partial charge >= 0.3 is 5.97 Å². The Balaban J connectivity index is 3.39. The monoisotopic (exact) mass is 304 g/mol. The van der Waals surface area contributed by atoms with Crippen LogP contribution in [-0.2, 0) is 4.79 Å². The molecule has 0 aromatic rings. The second-order valence-electron chi connectivity index (χ2n) is 5.46. The van der Waals surface area contributed by atoms with Crippen molar-refractivity contribution >= 4 is 5.97 Å². The standard InChI is InChI=1S/C20H32O2/c1-2-3-4-5-6-7-8-9-10-11-12-13-14-15-16-17-18-19-20(21)22/h10-13,15-18H,2-9,14,19H2,1H3,(H,21,22). The summed E-state index contributed by atoms with van der Waals surface area (Å²) in [5.74, 6) is -0.796. The Morgan fingerprint density at radius 3 is 1.95 bits per heavy atom. The molecule has 0 rings (SSSR count). The molecule has 0 bridgehead atoms. The van der Waals surface area contributed by atoms with E-state index in [1.165, 1.54) is 51.4 Å². The highest BCUT2D eigenvalue weighted by Crippen LogP contribution is 2.08. The lowest BCUT2D eigenvalue weighted by Gasteiger charge is -1.98. The van der Waals surface area contributed by atoms with Gasteiger partial charge in [0, 0.05) is 0 Å². The third-order valence-electron chi connectivity index (χ3n) is 3.31. The van der Waals surface area contributed by atoms with Crippen LogP contribution in [0.25, 0.3) is 0 Å². The highest BCUT2D eigenvalue weighted by Gasteiger charge is 1.89. The molecule has 1 N–H and O–H groups in total. The molecule has 2 nitrogen and oxygen atoms in total. The quantitative estimate of drug-likeness (QED) is 0.305. The number of hydrogen-bond donors (Lipinski definition) is 1. The Hall–Kier alpha value is -1.57. The van der Waals surface area contributed by atoms with Gasteiger partial charge in [0.15, 0.2) is 0 Å². The van der Waals surface area contributed by atoms with E-state index in [9.17, 15) is 4.79 Å². The average molecular weight is 304 g/mol. The predicted molar refractivity (Wildman–Crippen MR) is 96.0 cm³/mol. The van der Waals surface area contributed by atoms with Crippen LogP contribution in [0.4, 0.5) is 0 Å². The van der Waals surface area contributed by atoms with E-state index in [-0.39, 0.29) is 6.42 Å². The van der Waals surface area contributed by atoms with Crippen molar-refractivity contribution in [2.24, 2.45) is 0 Å². The van der Waals surface area contributed by atoms with E-state index in [2.05, 4.69) is 31.2 Å². The molecule has 0 aliphatic heterocycles. The van der Waals surface area contributed by atoms with Crippen molar-refractivity contribution in [3.05, 3.63) is 48.6 Å². The number of carbonyl (C=O) groups is 1. The SMILES string of the molecule is CCCCCCCCCC=CC=CCC=CC=CCC(=O)O. The van der Waals surface area contributed by atoms with Gasteiger partial charge in [0.1, 0.15) is 0 Å². The van der Waals surface area contributed by atoms with Crippen molar-refractivity contribution in [1.29, 1.82) is 0 Å². The van der Waals surface area contributed by atoms with Crippen LogP contribution in [0.15, 0.2) is 48.6 Å². The number of unbranched alkanes of at least 4 members (excludes halogenated alkanes) is 7. The second-order valence-corrected chi connectivity index (χ2v) is 5.46. The molecule has 0 saturated carbocycles. The third-order valence-corrected chi connectivity index (χ3v) is 3.31. The summed E-state index contributed by atoms with van der Waals surface area (Å²) in [6.45, 7) is 2.25. The fraction of sp³-hybridized carbons (Fsp3) is 0.550. The van der Waals surface area contributed by atoms with E-state index >= 15 is 0 Å². The number of carboxylic acids is 1. The Bertz CT molecular complexity index is 362. The Morgan fingerprint density at radius 1 is 0.773 bits per heavy atom. The maximum Gasteiger partial charge on any atom is 0.307 e. The van der Waals surface area contributed by atoms with Crippen LogP contribution in [0.1, 0.15) is 71.1 Å². The number of carboxylic acid groups (broad SMARTS) is 1. The van der Waals surface area contributed by atoms with Crippen molar-refractivity contribution < 1.29 is 9.90 Å². The van der Waals surface area contributed by atoms with Crippen LogP contribution in [0.5, 0.6) is 0 Å². The van der Waals surface area contributed by atoms with Crippen LogP contribution in [-0.4, -0.2) is 11.1 Å². The molecular weight excluding hydrogens is 272 g/mol. The third kappa shape index (κ3) is 18.4. The molecule has 0 saturated heterocycles. The summed E-state index contributed by atoms with van der Waals surface area (Å²) in [5.41, 5.74) is 0. The number of aliphatic carboxylic acids is 1. The van der Waals surface area contributed by atoms with Crippen molar-refractivity contribution in [2.45, 2.75) is 71.1 Å². The van der Waals surface area contributed by atoms with Gasteiger partial charge < -0.3 is 5.11 Å². The van der Waals surface area contributed by atoms with E-state index in [1.807, 2.05) is 12.2 Å². The molecule has 0 unspecified atom stereocenters. The number of rotatable bonds is 14. The van der Waals surface area contributed by atoms with Crippen LogP contribution >= 0.6 is 0 Å². The van der Waals surface area contributed by atoms with Crippen LogP contribution in [0.2, 0.25) is 0 Å². The first kappa shape index (κ1) is 20.4. The van der Waals surface area contributed by atoms with Gasteiger partial charge in [-0.3, -0.25) is 4.79 Å². The molecule has 22 heavy (non-hydrogen) atoms. The lowest BCUT2D eigenvalue weighted by atomic mass is 10.1. The first-order valence-corrected chi connectivity index (χ1v) is 8.62. The zero-order chi connectivity index (χ0) is 16.3. The maximum absolute atomic E-state index is 10.3. The molecule has 2 heteroatoms. The molecule has 0 aliphatic rings. The fourth-order valence-electron chi connectivity index (χ4n) is 2.03. The van der Waals surface area contributed by atoms with Crippen molar-refractivity contribution in [1.82, 2.24) is 0 Å². The Morgan fingerprint density at radius 2 is 1.32 bits per heavy atom. The van der Waals surface area contributed by atoms with Gasteiger partial charge in [-0.05, 0) is 19.3 Å². The van der Waals surface area contributed by atoms with E-state index in [0.717, 1.165) is 6.42 Å². The summed E-state index contributed by atoms with van der Waals surface area (Å²) in [6.07, 6.45) is 27.5. The summed E-state index contributed by atoms with van der Waals surface area (Å²) < 4.78 is 0. The van der Waals surface area contributed by atoms with E-state index in [1.54, 1.807) is 12.2 Å². The largest absolute Gasteiger partial charge is 0.481 e. The van der Waals surface area contributed by atoms with Gasteiger partial charge in [0.25, 0.3) is 0 Å². The minimum Gasteiger partial charge on any atom is -0.481 e. The Labute approximate surface area is 136 Å². The topological polar surface area (TPSA) is 37.3 Å². The van der Waals surface area contributed by atoms with Crippen LogP contribution in [0, 0.1) is 0 Å². The molecule has 0 amide bonds. The molecule has 0 radical (unpaired) electrons. The first-order chi connectivity index (χ1) is 10.8. The van der Waals surface area contributed by atoms with Crippen molar-refractivity contribution in [2.75, 3.05) is 0 Å². The zero-order valence-electron chi connectivity index (χ0n) is 14.0. The first-order valence-electron chi connectivity index (χ1n) is 8.62. The van der Waals surface area contributed by atoms with Gasteiger partial charge in [-0.15, -0.1) is 0 Å². The summed E-state index contributed by atoms with van der Waals surface area (Å²) in [4.78, 5) is 10.3. The Kier molecular flexibility index (Phi) is 16.2. The molecule has 0 fully saturated rings. The van der Waals surface area contributed by atoms with Crippen molar-refractivity contribution in [3.8, 4) is 0 Å². The smallest absolute Gasteiger partial charge is 0.307 e. The van der Waals surface area contributed by atoms with Crippen LogP contribution in [0.3, 0.4) is 0 Å². The molecule has 0 heterocycles. The minimum absolute atomic E-state index is 0.0848. The summed E-state index contributed by atoms with van der Waals surface area (Å²) >= 11 is 0.